The van der Waals surface area contributed by atoms with Gasteiger partial charge in [-0.2, -0.15) is 0 Å². The van der Waals surface area contributed by atoms with Crippen LogP contribution in [0, 0.1) is 0 Å². The number of rotatable bonds is 47. The van der Waals surface area contributed by atoms with Crippen molar-refractivity contribution in [2.75, 3.05) is 26.4 Å². The minimum atomic E-state index is -4.38. The molecule has 0 amide bonds. The van der Waals surface area contributed by atoms with Gasteiger partial charge in [0, 0.05) is 19.4 Å². The number of phosphoric acid groups is 1. The second kappa shape index (κ2) is 48.9. The molecule has 0 spiro atoms. The van der Waals surface area contributed by atoms with Crippen LogP contribution in [0.3, 0.4) is 0 Å². The SMILES string of the molecule is CC/C=C\C/C=C\C/C=C\C/C=C\C/C=C\C/C=C\CCCCCCCCCCCCC(=O)OC(COC(=O)CCCCCCCCCCCCCCC)COP(=O)(O)OCCN. The Morgan fingerprint density at radius 3 is 1.30 bits per heavy atom. The second-order valence-corrected chi connectivity index (χ2v) is 18.1. The van der Waals surface area contributed by atoms with Gasteiger partial charge in [0.1, 0.15) is 6.61 Å². The number of unbranched alkanes of at least 4 members (excludes halogenated alkanes) is 22. The molecule has 0 heterocycles. The molecule has 0 bridgehead atoms. The van der Waals surface area contributed by atoms with Crippen molar-refractivity contribution in [2.45, 2.75) is 225 Å². The molecule has 0 aromatic rings. The highest BCUT2D eigenvalue weighted by Gasteiger charge is 2.26. The number of phosphoric ester groups is 1. The predicted octanol–water partition coefficient (Wildman–Crippen LogP) is 15.4. The molecule has 3 N–H and O–H groups in total. The number of hydrogen-bond donors (Lipinski definition) is 2. The van der Waals surface area contributed by atoms with Crippen molar-refractivity contribution in [3.8, 4) is 0 Å². The Morgan fingerprint density at radius 1 is 0.492 bits per heavy atom. The van der Waals surface area contributed by atoms with Gasteiger partial charge in [0.25, 0.3) is 0 Å². The number of allylic oxidation sites excluding steroid dienone is 12. The number of nitrogens with two attached hydrogens (primary N) is 1. The Kier molecular flexibility index (Phi) is 46.9. The van der Waals surface area contributed by atoms with Crippen molar-refractivity contribution < 1.29 is 37.6 Å². The van der Waals surface area contributed by atoms with Crippen LogP contribution < -0.4 is 5.73 Å². The monoisotopic (exact) mass is 904 g/mol. The smallest absolute Gasteiger partial charge is 0.462 e. The minimum absolute atomic E-state index is 0.0510. The van der Waals surface area contributed by atoms with E-state index >= 15 is 0 Å². The zero-order valence-corrected chi connectivity index (χ0v) is 41.2. The Bertz CT molecular complexity index is 1260. The summed E-state index contributed by atoms with van der Waals surface area (Å²) in [6.45, 7) is 3.62. The van der Waals surface area contributed by atoms with Gasteiger partial charge >= 0.3 is 19.8 Å². The van der Waals surface area contributed by atoms with E-state index in [4.69, 9.17) is 24.3 Å². The van der Waals surface area contributed by atoms with Crippen LogP contribution in [0.1, 0.15) is 219 Å². The molecule has 0 aliphatic heterocycles. The maximum atomic E-state index is 12.6. The first-order valence-electron chi connectivity index (χ1n) is 25.4. The van der Waals surface area contributed by atoms with Crippen LogP contribution in [0.15, 0.2) is 72.9 Å². The molecule has 0 aromatic carbocycles. The van der Waals surface area contributed by atoms with E-state index in [-0.39, 0.29) is 38.6 Å². The molecule has 364 valence electrons. The first kappa shape index (κ1) is 60.5. The number of carbonyl (C=O) groups excluding carboxylic acids is 2. The van der Waals surface area contributed by atoms with Crippen LogP contribution in [0.4, 0.5) is 0 Å². The highest BCUT2D eigenvalue weighted by Crippen LogP contribution is 2.43. The third-order valence-electron chi connectivity index (χ3n) is 10.6. The molecule has 0 aliphatic carbocycles. The van der Waals surface area contributed by atoms with Crippen molar-refractivity contribution in [3.63, 3.8) is 0 Å². The van der Waals surface area contributed by atoms with Crippen LogP contribution in [0.25, 0.3) is 0 Å². The number of carbonyl (C=O) groups is 2. The molecule has 0 aliphatic rings. The number of hydrogen-bond acceptors (Lipinski definition) is 8. The molecule has 0 radical (unpaired) electrons. The predicted molar refractivity (Wildman–Crippen MR) is 266 cm³/mol. The van der Waals surface area contributed by atoms with E-state index in [2.05, 4.69) is 86.8 Å². The lowest BCUT2D eigenvalue weighted by molar-refractivity contribution is -0.161. The molecule has 0 saturated carbocycles. The van der Waals surface area contributed by atoms with E-state index in [0.717, 1.165) is 83.5 Å². The van der Waals surface area contributed by atoms with Gasteiger partial charge in [-0.1, -0.05) is 215 Å². The van der Waals surface area contributed by atoms with Crippen molar-refractivity contribution in [3.05, 3.63) is 72.9 Å². The molecule has 9 nitrogen and oxygen atoms in total. The lowest BCUT2D eigenvalue weighted by atomic mass is 10.0. The van der Waals surface area contributed by atoms with Gasteiger partial charge in [0.05, 0.1) is 13.2 Å². The average molecular weight is 904 g/mol. The van der Waals surface area contributed by atoms with Gasteiger partial charge in [-0.05, 0) is 64.2 Å². The fraction of sp³-hybridized carbons (Fsp3) is 0.736. The summed E-state index contributed by atoms with van der Waals surface area (Å²) in [6.07, 6.45) is 60.8. The van der Waals surface area contributed by atoms with E-state index in [1.807, 2.05) is 0 Å². The van der Waals surface area contributed by atoms with E-state index in [1.54, 1.807) is 0 Å². The van der Waals surface area contributed by atoms with Crippen LogP contribution in [0.2, 0.25) is 0 Å². The van der Waals surface area contributed by atoms with Gasteiger partial charge in [-0.25, -0.2) is 4.57 Å². The topological polar surface area (TPSA) is 134 Å². The van der Waals surface area contributed by atoms with Gasteiger partial charge in [0.2, 0.25) is 0 Å². The van der Waals surface area contributed by atoms with Crippen molar-refractivity contribution >= 4 is 19.8 Å². The summed E-state index contributed by atoms with van der Waals surface area (Å²) in [4.78, 5) is 35.0. The zero-order chi connectivity index (χ0) is 46.0. The minimum Gasteiger partial charge on any atom is -0.462 e. The Balaban J connectivity index is 4.02. The third-order valence-corrected chi connectivity index (χ3v) is 11.6. The molecule has 2 atom stereocenters. The fourth-order valence-corrected chi connectivity index (χ4v) is 7.64. The standard InChI is InChI=1S/C53H94NO8P/c1-3-5-7-9-11-13-15-17-18-19-20-21-22-23-24-25-26-27-28-29-30-31-32-34-36-38-40-42-44-46-53(56)62-51(50-61-63(57,58)60-48-47-54)49-59-52(55)45-43-41-39-37-35-33-16-14-12-10-8-6-4-2/h5,7,11,13,17-18,20-21,23-24,26-27,51H,3-4,6,8-10,12,14-16,19,22,25,28-50,54H2,1-2H3,(H,57,58)/b7-5-,13-11-,18-17-,21-20-,24-23-,27-26-. The summed E-state index contributed by atoms with van der Waals surface area (Å²) in [5.74, 6) is -0.831. The van der Waals surface area contributed by atoms with Crippen LogP contribution in [-0.2, 0) is 32.7 Å². The normalized spacial score (nSPS) is 13.8. The maximum Gasteiger partial charge on any atom is 0.472 e. The summed E-state index contributed by atoms with van der Waals surface area (Å²) in [7, 11) is -4.38. The quantitative estimate of drug-likeness (QED) is 0.0265. The van der Waals surface area contributed by atoms with E-state index in [1.165, 1.54) is 103 Å². The summed E-state index contributed by atoms with van der Waals surface area (Å²) in [6, 6.07) is 0. The first-order chi connectivity index (χ1) is 30.8. The molecular weight excluding hydrogens is 810 g/mol. The zero-order valence-electron chi connectivity index (χ0n) is 40.3. The highest BCUT2D eigenvalue weighted by atomic mass is 31.2. The largest absolute Gasteiger partial charge is 0.472 e. The molecule has 0 aromatic heterocycles. The molecule has 10 heteroatoms. The summed E-state index contributed by atoms with van der Waals surface area (Å²) >= 11 is 0. The Morgan fingerprint density at radius 2 is 0.873 bits per heavy atom. The fourth-order valence-electron chi connectivity index (χ4n) is 6.87. The van der Waals surface area contributed by atoms with Crippen molar-refractivity contribution in [1.29, 1.82) is 0 Å². The van der Waals surface area contributed by atoms with E-state index in [9.17, 15) is 19.0 Å². The maximum absolute atomic E-state index is 12.6. The van der Waals surface area contributed by atoms with E-state index in [0.29, 0.717) is 6.42 Å². The van der Waals surface area contributed by atoms with E-state index < -0.39 is 26.5 Å². The molecule has 2 unspecified atom stereocenters. The van der Waals surface area contributed by atoms with Gasteiger partial charge in [-0.15, -0.1) is 0 Å². The number of esters is 2. The van der Waals surface area contributed by atoms with Crippen molar-refractivity contribution in [2.24, 2.45) is 5.73 Å². The first-order valence-corrected chi connectivity index (χ1v) is 26.9. The van der Waals surface area contributed by atoms with Crippen LogP contribution in [-0.4, -0.2) is 49.3 Å². The van der Waals surface area contributed by atoms with Gasteiger partial charge in [0.15, 0.2) is 6.10 Å². The lowest BCUT2D eigenvalue weighted by Gasteiger charge is -2.19. The van der Waals surface area contributed by atoms with Gasteiger partial charge < -0.3 is 20.1 Å². The Hall–Kier alpha value is -2.55. The molecular formula is C53H94NO8P. The van der Waals surface area contributed by atoms with Crippen LogP contribution in [0.5, 0.6) is 0 Å². The molecule has 0 saturated heterocycles. The Labute approximate surface area is 386 Å². The highest BCUT2D eigenvalue weighted by molar-refractivity contribution is 7.47. The summed E-state index contributed by atoms with van der Waals surface area (Å²) in [5.41, 5.74) is 5.36. The summed E-state index contributed by atoms with van der Waals surface area (Å²) in [5, 5.41) is 0. The van der Waals surface area contributed by atoms with Gasteiger partial charge in [-0.3, -0.25) is 18.6 Å². The number of ether oxygens (including phenoxy) is 2. The third kappa shape index (κ3) is 48.7. The van der Waals surface area contributed by atoms with Crippen molar-refractivity contribution in [1.82, 2.24) is 0 Å². The molecule has 63 heavy (non-hydrogen) atoms. The van der Waals surface area contributed by atoms with Crippen LogP contribution >= 0.6 is 7.82 Å². The average Bonchev–Trinajstić information content (AvgIpc) is 3.27. The lowest BCUT2D eigenvalue weighted by Crippen LogP contribution is -2.29. The summed E-state index contributed by atoms with van der Waals surface area (Å²) < 4.78 is 32.9. The second-order valence-electron chi connectivity index (χ2n) is 16.7. The molecule has 0 rings (SSSR count). The molecule has 0 fully saturated rings.